The van der Waals surface area contributed by atoms with Crippen molar-refractivity contribution < 1.29 is 5.11 Å². The van der Waals surface area contributed by atoms with Crippen LogP contribution in [0.25, 0.3) is 11.1 Å². The maximum atomic E-state index is 11.2. The molecular formula is C28H27ClN2O. The maximum absolute atomic E-state index is 11.2. The highest BCUT2D eigenvalue weighted by Gasteiger charge is 2.35. The number of benzene rings is 2. The summed E-state index contributed by atoms with van der Waals surface area (Å²) in [7, 11) is 0. The first-order chi connectivity index (χ1) is 15.6. The average Bonchev–Trinajstić information content (AvgIpc) is 3.65. The minimum Gasteiger partial charge on any atom is -0.385 e. The van der Waals surface area contributed by atoms with Gasteiger partial charge in [0.25, 0.3) is 0 Å². The van der Waals surface area contributed by atoms with E-state index in [1.54, 1.807) is 0 Å². The molecule has 1 saturated heterocycles. The third kappa shape index (κ3) is 5.05. The van der Waals surface area contributed by atoms with Crippen LogP contribution in [0.3, 0.4) is 0 Å². The third-order valence-corrected chi connectivity index (χ3v) is 6.85. The quantitative estimate of drug-likeness (QED) is 0.542. The van der Waals surface area contributed by atoms with Crippen LogP contribution in [0.15, 0.2) is 66.9 Å². The zero-order valence-electron chi connectivity index (χ0n) is 18.1. The molecule has 0 radical (unpaired) electrons. The van der Waals surface area contributed by atoms with Gasteiger partial charge in [0.05, 0.1) is 5.60 Å². The average molecular weight is 443 g/mol. The minimum atomic E-state index is -0.717. The van der Waals surface area contributed by atoms with Gasteiger partial charge in [-0.25, -0.2) is 4.98 Å². The molecule has 2 heterocycles. The van der Waals surface area contributed by atoms with Crippen LogP contribution in [0.4, 0.5) is 0 Å². The summed E-state index contributed by atoms with van der Waals surface area (Å²) < 4.78 is 0. The van der Waals surface area contributed by atoms with E-state index in [0.717, 1.165) is 64.8 Å². The molecule has 1 saturated carbocycles. The summed E-state index contributed by atoms with van der Waals surface area (Å²) >= 11 is 5.96. The van der Waals surface area contributed by atoms with Gasteiger partial charge in [-0.3, -0.25) is 0 Å². The van der Waals surface area contributed by atoms with E-state index in [-0.39, 0.29) is 0 Å². The number of halogens is 1. The summed E-state index contributed by atoms with van der Waals surface area (Å²) in [5.74, 6) is 7.23. The van der Waals surface area contributed by atoms with E-state index in [2.05, 4.69) is 21.7 Å². The van der Waals surface area contributed by atoms with E-state index >= 15 is 0 Å². The summed E-state index contributed by atoms with van der Waals surface area (Å²) in [6, 6.07) is 19.7. The van der Waals surface area contributed by atoms with Crippen molar-refractivity contribution in [2.24, 2.45) is 5.92 Å². The highest BCUT2D eigenvalue weighted by molar-refractivity contribution is 6.30. The molecule has 3 aromatic rings. The van der Waals surface area contributed by atoms with Crippen molar-refractivity contribution in [3.05, 3.63) is 88.7 Å². The number of piperidine rings is 1. The zero-order chi connectivity index (χ0) is 22.0. The van der Waals surface area contributed by atoms with Crippen molar-refractivity contribution in [2.45, 2.75) is 31.3 Å². The highest BCUT2D eigenvalue weighted by atomic mass is 35.5. The molecule has 1 aliphatic heterocycles. The van der Waals surface area contributed by atoms with Crippen LogP contribution in [-0.2, 0) is 5.60 Å². The van der Waals surface area contributed by atoms with Gasteiger partial charge in [-0.1, -0.05) is 47.9 Å². The van der Waals surface area contributed by atoms with Gasteiger partial charge in [0.1, 0.15) is 5.69 Å². The Balaban J connectivity index is 1.22. The number of likely N-dealkylation sites (tertiary alicyclic amines) is 1. The number of hydrogen-bond acceptors (Lipinski definition) is 3. The van der Waals surface area contributed by atoms with E-state index in [9.17, 15) is 5.11 Å². The lowest BCUT2D eigenvalue weighted by Gasteiger charge is -2.38. The fourth-order valence-corrected chi connectivity index (χ4v) is 4.47. The van der Waals surface area contributed by atoms with Gasteiger partial charge in [-0.15, -0.1) is 0 Å². The number of aromatic nitrogens is 1. The summed E-state index contributed by atoms with van der Waals surface area (Å²) in [6.07, 6.45) is 6.20. The molecule has 2 aliphatic rings. The Bertz CT molecular complexity index is 1120. The van der Waals surface area contributed by atoms with Crippen LogP contribution in [0.5, 0.6) is 0 Å². The molecule has 32 heavy (non-hydrogen) atoms. The molecule has 0 atom stereocenters. The molecular weight excluding hydrogens is 416 g/mol. The van der Waals surface area contributed by atoms with Crippen molar-refractivity contribution in [2.75, 3.05) is 19.6 Å². The fraction of sp³-hybridized carbons (Fsp3) is 0.321. The van der Waals surface area contributed by atoms with E-state index in [4.69, 9.17) is 11.6 Å². The van der Waals surface area contributed by atoms with Gasteiger partial charge in [0.15, 0.2) is 0 Å². The Morgan fingerprint density at radius 1 is 0.906 bits per heavy atom. The second-order valence-electron chi connectivity index (χ2n) is 9.04. The van der Waals surface area contributed by atoms with Crippen LogP contribution in [0.1, 0.15) is 42.5 Å². The van der Waals surface area contributed by atoms with Crippen molar-refractivity contribution >= 4 is 11.6 Å². The number of hydrogen-bond donors (Lipinski definition) is 1. The number of rotatable bonds is 4. The lowest BCUT2D eigenvalue weighted by Crippen LogP contribution is -2.43. The van der Waals surface area contributed by atoms with Gasteiger partial charge in [0.2, 0.25) is 0 Å². The smallest absolute Gasteiger partial charge is 0.113 e. The highest BCUT2D eigenvalue weighted by Crippen LogP contribution is 2.35. The standard InChI is InChI=1S/C28H27ClN2O/c29-26-11-6-23(7-12-26)24-8-14-27(30-19-24)13-5-21-3-9-25(10-4-21)28(32)15-17-31(18-16-28)20-22-1-2-22/h3-4,6-12,14,19,22,32H,1-2,15-18,20H2. The normalized spacial score (nSPS) is 18.1. The Labute approximate surface area is 195 Å². The molecule has 0 amide bonds. The molecule has 1 N–H and O–H groups in total. The van der Waals surface area contributed by atoms with Gasteiger partial charge < -0.3 is 10.0 Å². The van der Waals surface area contributed by atoms with Gasteiger partial charge in [-0.05, 0) is 79.0 Å². The van der Waals surface area contributed by atoms with Crippen molar-refractivity contribution in [1.29, 1.82) is 0 Å². The first-order valence-corrected chi connectivity index (χ1v) is 11.7. The number of aliphatic hydroxyl groups is 1. The van der Waals surface area contributed by atoms with Crippen molar-refractivity contribution in [3.63, 3.8) is 0 Å². The summed E-state index contributed by atoms with van der Waals surface area (Å²) in [5, 5.41) is 11.9. The maximum Gasteiger partial charge on any atom is 0.113 e. The van der Waals surface area contributed by atoms with Gasteiger partial charge in [-0.2, -0.15) is 0 Å². The zero-order valence-corrected chi connectivity index (χ0v) is 18.9. The van der Waals surface area contributed by atoms with Crippen LogP contribution < -0.4 is 0 Å². The van der Waals surface area contributed by atoms with Crippen LogP contribution in [0.2, 0.25) is 5.02 Å². The topological polar surface area (TPSA) is 36.4 Å². The Morgan fingerprint density at radius 2 is 1.59 bits per heavy atom. The molecule has 2 aromatic carbocycles. The summed E-state index contributed by atoms with van der Waals surface area (Å²) in [6.45, 7) is 3.16. The first-order valence-electron chi connectivity index (χ1n) is 11.4. The Morgan fingerprint density at radius 3 is 2.22 bits per heavy atom. The SMILES string of the molecule is OC1(c2ccc(C#Cc3ccc(-c4ccc(Cl)cc4)cn3)cc2)CCN(CC2CC2)CC1. The molecule has 1 aromatic heterocycles. The Hall–Kier alpha value is -2.64. The number of nitrogens with zero attached hydrogens (tertiary/aromatic N) is 2. The van der Waals surface area contributed by atoms with E-state index < -0.39 is 5.60 Å². The Kier molecular flexibility index (Phi) is 6.02. The molecule has 0 unspecified atom stereocenters. The minimum absolute atomic E-state index is 0.717. The van der Waals surface area contributed by atoms with E-state index in [1.165, 1.54) is 19.4 Å². The molecule has 5 rings (SSSR count). The monoisotopic (exact) mass is 442 g/mol. The van der Waals surface area contributed by atoms with Crippen molar-refractivity contribution in [3.8, 4) is 23.0 Å². The molecule has 4 heteroatoms. The lowest BCUT2D eigenvalue weighted by molar-refractivity contribution is -0.0267. The summed E-state index contributed by atoms with van der Waals surface area (Å²) in [5.41, 5.74) is 4.05. The van der Waals surface area contributed by atoms with Crippen molar-refractivity contribution in [1.82, 2.24) is 9.88 Å². The second kappa shape index (κ2) is 9.08. The van der Waals surface area contributed by atoms with E-state index in [1.807, 2.05) is 66.9 Å². The lowest BCUT2D eigenvalue weighted by atomic mass is 9.84. The molecule has 0 bridgehead atoms. The molecule has 3 nitrogen and oxygen atoms in total. The second-order valence-corrected chi connectivity index (χ2v) is 9.48. The van der Waals surface area contributed by atoms with E-state index in [0.29, 0.717) is 0 Å². The predicted octanol–water partition coefficient (Wildman–Crippen LogP) is 5.50. The first kappa shape index (κ1) is 21.2. The molecule has 1 aliphatic carbocycles. The van der Waals surface area contributed by atoms with Crippen LogP contribution in [-0.4, -0.2) is 34.6 Å². The largest absolute Gasteiger partial charge is 0.385 e. The fourth-order valence-electron chi connectivity index (χ4n) is 4.34. The van der Waals surface area contributed by atoms with Crippen LogP contribution in [0, 0.1) is 17.8 Å². The number of pyridine rings is 1. The summed E-state index contributed by atoms with van der Waals surface area (Å²) in [4.78, 5) is 6.99. The molecule has 2 fully saturated rings. The van der Waals surface area contributed by atoms with Gasteiger partial charge in [0, 0.05) is 42.0 Å². The van der Waals surface area contributed by atoms with Gasteiger partial charge >= 0.3 is 0 Å². The predicted molar refractivity (Wildman–Crippen MR) is 129 cm³/mol. The third-order valence-electron chi connectivity index (χ3n) is 6.59. The van der Waals surface area contributed by atoms with Crippen LogP contribution >= 0.6 is 11.6 Å². The molecule has 0 spiro atoms. The molecule has 162 valence electrons.